The fourth-order valence-electron chi connectivity index (χ4n) is 7.93. The van der Waals surface area contributed by atoms with E-state index in [1.54, 1.807) is 12.1 Å². The lowest BCUT2D eigenvalue weighted by Crippen LogP contribution is -2.52. The van der Waals surface area contributed by atoms with Crippen LogP contribution in [0, 0.1) is 16.7 Å². The second-order valence-corrected chi connectivity index (χ2v) is 13.0. The summed E-state index contributed by atoms with van der Waals surface area (Å²) in [5.41, 5.74) is 3.53. The van der Waals surface area contributed by atoms with Crippen LogP contribution in [0.15, 0.2) is 29.8 Å². The van der Waals surface area contributed by atoms with Gasteiger partial charge in [-0.05, 0) is 105 Å². The van der Waals surface area contributed by atoms with E-state index in [4.69, 9.17) is 0 Å². The van der Waals surface area contributed by atoms with Gasteiger partial charge in [0.05, 0.1) is 11.8 Å². The average molecular weight is 560 g/mol. The molecule has 0 heterocycles. The van der Waals surface area contributed by atoms with Crippen molar-refractivity contribution < 1.29 is 36.4 Å². The minimum absolute atomic E-state index is 0.151. The monoisotopic (exact) mass is 559 g/mol. The molecule has 214 valence electrons. The Kier molecular flexibility index (Phi) is 8.30. The third kappa shape index (κ3) is 5.64. The highest BCUT2D eigenvalue weighted by atomic mass is 32.2. The highest BCUT2D eigenvalue weighted by Gasteiger charge is 2.62. The number of allylic oxidation sites excluding steroid dienone is 2. The van der Waals surface area contributed by atoms with Crippen LogP contribution in [0.4, 0.5) is 18.9 Å². The fourth-order valence-corrected chi connectivity index (χ4v) is 8.36. The number of rotatable bonds is 9. The molecule has 0 spiro atoms. The summed E-state index contributed by atoms with van der Waals surface area (Å²) in [6, 6.07) is 5.46. The van der Waals surface area contributed by atoms with Crippen LogP contribution in [0.2, 0.25) is 0 Å². The van der Waals surface area contributed by atoms with Crippen LogP contribution in [0.3, 0.4) is 0 Å². The molecule has 6 nitrogen and oxygen atoms in total. The number of alkyl halides is 3. The van der Waals surface area contributed by atoms with E-state index in [9.17, 15) is 36.4 Å². The molecule has 0 aliphatic heterocycles. The molecule has 1 aromatic rings. The molecular formula is C28H40F3NO5S. The van der Waals surface area contributed by atoms with Gasteiger partial charge in [0.1, 0.15) is 6.10 Å². The quantitative estimate of drug-likeness (QED) is 0.161. The average Bonchev–Trinajstić information content (AvgIpc) is 3.13. The Morgan fingerprint density at radius 1 is 1.18 bits per heavy atom. The van der Waals surface area contributed by atoms with Crippen LogP contribution >= 0.6 is 0 Å². The summed E-state index contributed by atoms with van der Waals surface area (Å²) < 4.78 is 71.6. The van der Waals surface area contributed by atoms with Crippen LogP contribution < -0.4 is 4.72 Å². The Hall–Kier alpha value is -1.62. The van der Waals surface area contributed by atoms with E-state index < -0.39 is 22.6 Å². The second kappa shape index (κ2) is 10.7. The summed E-state index contributed by atoms with van der Waals surface area (Å²) in [6.07, 6.45) is 2.35. The minimum Gasteiger partial charge on any atom is -0.393 e. The van der Waals surface area contributed by atoms with Crippen molar-refractivity contribution >= 4 is 16.0 Å². The predicted molar refractivity (Wildman–Crippen MR) is 140 cm³/mol. The molecule has 0 radical (unpaired) electrons. The summed E-state index contributed by atoms with van der Waals surface area (Å²) in [6.45, 7) is 4.37. The molecule has 1 aromatic carbocycles. The Labute approximate surface area is 223 Å². The largest absolute Gasteiger partial charge is 0.414 e. The summed E-state index contributed by atoms with van der Waals surface area (Å²) in [5.74, 6) is 0.512. The van der Waals surface area contributed by atoms with Gasteiger partial charge in [-0.3, -0.25) is 9.27 Å². The zero-order valence-electron chi connectivity index (χ0n) is 22.1. The maximum absolute atomic E-state index is 12.5. The molecule has 3 aliphatic carbocycles. The lowest BCUT2D eigenvalue weighted by Gasteiger charge is -2.59. The smallest absolute Gasteiger partial charge is 0.393 e. The van der Waals surface area contributed by atoms with Gasteiger partial charge < -0.3 is 10.2 Å². The first-order valence-electron chi connectivity index (χ1n) is 13.7. The van der Waals surface area contributed by atoms with Crippen molar-refractivity contribution in [3.05, 3.63) is 41.0 Å². The van der Waals surface area contributed by atoms with Gasteiger partial charge in [-0.25, -0.2) is 0 Å². The molecule has 2 saturated carbocycles. The number of fused-ring (bicyclic) bond motifs is 5. The van der Waals surface area contributed by atoms with Gasteiger partial charge in [0, 0.05) is 5.41 Å². The summed E-state index contributed by atoms with van der Waals surface area (Å²) in [5, 5.41) is 20.2. The van der Waals surface area contributed by atoms with E-state index in [-0.39, 0.29) is 29.3 Å². The number of hydrogen-bond donors (Lipinski definition) is 4. The van der Waals surface area contributed by atoms with E-state index in [0.717, 1.165) is 56.9 Å². The Morgan fingerprint density at radius 2 is 1.92 bits per heavy atom. The summed E-state index contributed by atoms with van der Waals surface area (Å²) >= 11 is 0. The van der Waals surface area contributed by atoms with E-state index >= 15 is 0 Å². The molecule has 0 aromatic heterocycles. The van der Waals surface area contributed by atoms with E-state index in [2.05, 4.69) is 24.6 Å². The van der Waals surface area contributed by atoms with Gasteiger partial charge in [0.25, 0.3) is 0 Å². The summed E-state index contributed by atoms with van der Waals surface area (Å²) in [4.78, 5) is 0. The van der Waals surface area contributed by atoms with Crippen LogP contribution in [-0.2, 0) is 16.7 Å². The van der Waals surface area contributed by atoms with Crippen molar-refractivity contribution in [3.8, 4) is 0 Å². The lowest BCUT2D eigenvalue weighted by atomic mass is 9.45. The number of halogens is 3. The lowest BCUT2D eigenvalue weighted by molar-refractivity contribution is -0.205. The standard InChI is InChI=1S/C28H40F3NO5S/c1-18(7-5-3-4-6-8-25(34)28(29,30)31)27-16-13-19-17-20(32-38(35,36)37)9-10-21(19)22(27)14-15-26(2)23(27)11-12-24(26)33/h7,9-10,17,22-25,32-34H,3-6,8,11-16H2,1-2H3,(H,35,36,37)/t22?,23?,24-,25-,26-,27?/m0/s1. The zero-order chi connectivity index (χ0) is 27.9. The molecule has 38 heavy (non-hydrogen) atoms. The van der Waals surface area contributed by atoms with E-state index in [1.165, 1.54) is 11.1 Å². The fraction of sp³-hybridized carbons (Fsp3) is 0.714. The maximum atomic E-state index is 12.5. The molecule has 4 rings (SSSR count). The van der Waals surface area contributed by atoms with Crippen LogP contribution in [0.1, 0.15) is 95.1 Å². The first-order valence-corrected chi connectivity index (χ1v) is 15.1. The maximum Gasteiger partial charge on any atom is 0.414 e. The summed E-state index contributed by atoms with van der Waals surface area (Å²) in [7, 11) is -4.36. The topological polar surface area (TPSA) is 107 Å². The molecule has 3 unspecified atom stereocenters. The second-order valence-electron chi connectivity index (χ2n) is 11.9. The molecule has 6 atom stereocenters. The highest BCUT2D eigenvalue weighted by Crippen LogP contribution is 2.69. The molecule has 0 amide bonds. The Morgan fingerprint density at radius 3 is 2.61 bits per heavy atom. The first-order chi connectivity index (χ1) is 17.7. The van der Waals surface area contributed by atoms with Crippen molar-refractivity contribution in [2.75, 3.05) is 4.72 Å². The zero-order valence-corrected chi connectivity index (χ0v) is 22.9. The van der Waals surface area contributed by atoms with Gasteiger partial charge in [0.15, 0.2) is 0 Å². The molecular weight excluding hydrogens is 519 g/mol. The van der Waals surface area contributed by atoms with Crippen molar-refractivity contribution in [2.24, 2.45) is 16.7 Å². The van der Waals surface area contributed by atoms with Crippen molar-refractivity contribution in [2.45, 2.75) is 109 Å². The molecule has 4 N–H and O–H groups in total. The molecule has 0 saturated heterocycles. The Balaban J connectivity index is 1.56. The number of aryl methyl sites for hydroxylation is 1. The van der Waals surface area contributed by atoms with Crippen molar-refractivity contribution in [1.29, 1.82) is 0 Å². The van der Waals surface area contributed by atoms with Crippen LogP contribution in [0.5, 0.6) is 0 Å². The minimum atomic E-state index is -4.56. The molecule has 2 fully saturated rings. The number of hydrogen-bond acceptors (Lipinski definition) is 4. The third-order valence-corrected chi connectivity index (χ3v) is 10.3. The van der Waals surface area contributed by atoms with Gasteiger partial charge >= 0.3 is 16.5 Å². The number of aliphatic hydroxyl groups excluding tert-OH is 2. The highest BCUT2D eigenvalue weighted by molar-refractivity contribution is 7.87. The number of aliphatic hydroxyl groups is 2. The Bertz CT molecular complexity index is 1150. The number of unbranched alkanes of at least 4 members (excludes halogenated alkanes) is 3. The molecule has 3 aliphatic rings. The van der Waals surface area contributed by atoms with Gasteiger partial charge in [-0.1, -0.05) is 37.5 Å². The van der Waals surface area contributed by atoms with Crippen LogP contribution in [-0.4, -0.2) is 41.6 Å². The number of nitrogens with one attached hydrogen (secondary N) is 1. The van der Waals surface area contributed by atoms with Crippen LogP contribution in [0.25, 0.3) is 0 Å². The van der Waals surface area contributed by atoms with Gasteiger partial charge in [-0.2, -0.15) is 21.6 Å². The van der Waals surface area contributed by atoms with E-state index in [0.29, 0.717) is 24.4 Å². The molecule has 0 bridgehead atoms. The predicted octanol–water partition coefficient (Wildman–Crippen LogP) is 6.31. The van der Waals surface area contributed by atoms with Gasteiger partial charge in [-0.15, -0.1) is 0 Å². The first kappa shape index (κ1) is 29.4. The third-order valence-electron chi connectivity index (χ3n) is 9.82. The van der Waals surface area contributed by atoms with Crippen molar-refractivity contribution in [3.63, 3.8) is 0 Å². The van der Waals surface area contributed by atoms with Gasteiger partial charge in [0.2, 0.25) is 0 Å². The molecule has 10 heteroatoms. The van der Waals surface area contributed by atoms with E-state index in [1.807, 2.05) is 6.07 Å². The normalized spacial score (nSPS) is 32.3. The number of anilines is 1. The number of benzene rings is 1. The van der Waals surface area contributed by atoms with Crippen molar-refractivity contribution in [1.82, 2.24) is 0 Å². The SMILES string of the molecule is CC(=CCCCCC[C@H](O)C(F)(F)F)C12CCc3cc(NS(=O)(=O)O)ccc3C1CC[C@@]1(C)C2CC[C@@H]1O.